The van der Waals surface area contributed by atoms with Gasteiger partial charge in [0.25, 0.3) is 0 Å². The van der Waals surface area contributed by atoms with Crippen molar-refractivity contribution in [1.82, 2.24) is 24.9 Å². The third kappa shape index (κ3) is 9.29. The van der Waals surface area contributed by atoms with Crippen LogP contribution in [0.15, 0.2) is 30.3 Å². The molecule has 0 spiro atoms. The van der Waals surface area contributed by atoms with Gasteiger partial charge in [0.2, 0.25) is 6.29 Å². The zero-order valence-electron chi connectivity index (χ0n) is 42.1. The molecule has 19 heteroatoms. The van der Waals surface area contributed by atoms with Crippen LogP contribution in [0.1, 0.15) is 126 Å². The Hall–Kier alpha value is -5.45. The fourth-order valence-corrected chi connectivity index (χ4v) is 11.0. The summed E-state index contributed by atoms with van der Waals surface area (Å²) >= 11 is 0. The van der Waals surface area contributed by atoms with Crippen LogP contribution in [0.2, 0.25) is 0 Å². The van der Waals surface area contributed by atoms with E-state index in [2.05, 4.69) is 77.5 Å². The summed E-state index contributed by atoms with van der Waals surface area (Å²) in [6, 6.07) is 8.71. The molecule has 4 aliphatic rings. The number of allylic oxidation sites excluding steroid dienone is 4. The molecular formula is C53H68N6O13. The van der Waals surface area contributed by atoms with E-state index in [1.165, 1.54) is 12.1 Å². The van der Waals surface area contributed by atoms with Crippen LogP contribution >= 0.6 is 0 Å². The lowest BCUT2D eigenvalue weighted by atomic mass is 9.95. The van der Waals surface area contributed by atoms with E-state index in [4.69, 9.17) is 33.9 Å². The minimum atomic E-state index is -1.94. The molecule has 4 aliphatic heterocycles. The number of nitro groups is 1. The molecule has 2 saturated heterocycles. The second-order valence-electron chi connectivity index (χ2n) is 18.5. The van der Waals surface area contributed by atoms with Crippen LogP contribution in [0.4, 0.5) is 5.69 Å². The molecule has 0 saturated carbocycles. The molecule has 0 aliphatic carbocycles. The molecule has 10 atom stereocenters. The number of aliphatic hydroxyl groups excluding tert-OH is 7. The van der Waals surface area contributed by atoms with Crippen LogP contribution in [-0.2, 0) is 39.9 Å². The molecule has 0 amide bonds. The predicted octanol–water partition coefficient (Wildman–Crippen LogP) is 6.00. The molecule has 0 radical (unpaired) electrons. The first kappa shape index (κ1) is 52.9. The van der Waals surface area contributed by atoms with E-state index in [-0.39, 0.29) is 5.75 Å². The molecule has 0 unspecified atom stereocenters. The Morgan fingerprint density at radius 2 is 1.07 bits per heavy atom. The van der Waals surface area contributed by atoms with E-state index in [1.807, 2.05) is 0 Å². The summed E-state index contributed by atoms with van der Waals surface area (Å²) in [5, 5.41) is 87.2. The van der Waals surface area contributed by atoms with Crippen molar-refractivity contribution in [3.63, 3.8) is 0 Å². The second kappa shape index (κ2) is 21.9. The summed E-state index contributed by atoms with van der Waals surface area (Å²) in [6.45, 7) is 15.3. The third-order valence-electron chi connectivity index (χ3n) is 14.6. The Bertz CT molecular complexity index is 2800. The number of nitro benzene ring substituents is 1. The zero-order valence-corrected chi connectivity index (χ0v) is 42.1. The zero-order chi connectivity index (χ0) is 51.9. The monoisotopic (exact) mass is 996 g/mol. The van der Waals surface area contributed by atoms with Crippen molar-refractivity contribution in [2.24, 2.45) is 0 Å². The maximum Gasteiger partial charge on any atom is 0.311 e. The minimum Gasteiger partial charge on any atom is -0.455 e. The second-order valence-corrected chi connectivity index (χ2v) is 18.5. The number of fused-ring (bicyclic) bond motifs is 8. The number of aromatic amines is 2. The number of rotatable bonds is 16. The summed E-state index contributed by atoms with van der Waals surface area (Å²) in [4.78, 5) is 35.8. The van der Waals surface area contributed by atoms with Crippen molar-refractivity contribution >= 4 is 50.0 Å². The molecule has 388 valence electrons. The number of aryl methyl sites for hydroxylation is 4. The van der Waals surface area contributed by atoms with Crippen molar-refractivity contribution in [3.05, 3.63) is 85.7 Å². The molecule has 1 aromatic carbocycles. The van der Waals surface area contributed by atoms with Gasteiger partial charge in [-0.05, 0) is 109 Å². The van der Waals surface area contributed by atoms with Gasteiger partial charge >= 0.3 is 5.69 Å². The van der Waals surface area contributed by atoms with Gasteiger partial charge in [0, 0.05) is 33.8 Å². The van der Waals surface area contributed by atoms with E-state index in [0.717, 1.165) is 104 Å². The van der Waals surface area contributed by atoms with Crippen molar-refractivity contribution in [1.29, 1.82) is 0 Å². The maximum atomic E-state index is 13.2. The van der Waals surface area contributed by atoms with Crippen LogP contribution in [-0.4, -0.2) is 140 Å². The lowest BCUT2D eigenvalue weighted by Crippen LogP contribution is -2.65. The number of aliphatic hydroxyl groups is 7. The lowest BCUT2D eigenvalue weighted by Gasteiger charge is -2.45. The molecule has 2 fully saturated rings. The Morgan fingerprint density at radius 1 is 0.583 bits per heavy atom. The summed E-state index contributed by atoms with van der Waals surface area (Å²) in [5.41, 5.74) is 14.2. The predicted molar refractivity (Wildman–Crippen MR) is 270 cm³/mol. The van der Waals surface area contributed by atoms with Gasteiger partial charge < -0.3 is 64.7 Å². The molecule has 19 nitrogen and oxygen atoms in total. The molecule has 9 N–H and O–H groups in total. The minimum absolute atomic E-state index is 0.311. The first-order valence-corrected chi connectivity index (χ1v) is 25.3. The van der Waals surface area contributed by atoms with Crippen molar-refractivity contribution in [3.8, 4) is 16.9 Å². The van der Waals surface area contributed by atoms with Gasteiger partial charge in [-0.25, -0.2) is 15.0 Å². The van der Waals surface area contributed by atoms with E-state index in [1.54, 1.807) is 6.07 Å². The number of hydrogen-bond donors (Lipinski definition) is 9. The smallest absolute Gasteiger partial charge is 0.311 e. The number of H-pyrrole nitrogens is 2. The van der Waals surface area contributed by atoms with Gasteiger partial charge in [0.05, 0.1) is 40.6 Å². The lowest BCUT2D eigenvalue weighted by molar-refractivity contribution is -0.387. The molecule has 8 rings (SSSR count). The van der Waals surface area contributed by atoms with Crippen molar-refractivity contribution in [2.75, 3.05) is 13.2 Å². The topological polar surface area (TPSA) is 292 Å². The van der Waals surface area contributed by atoms with Crippen LogP contribution in [0.3, 0.4) is 0 Å². The fraction of sp³-hybridized carbons (Fsp3) is 0.528. The van der Waals surface area contributed by atoms with E-state index >= 15 is 0 Å². The van der Waals surface area contributed by atoms with Gasteiger partial charge in [-0.1, -0.05) is 61.5 Å². The summed E-state index contributed by atoms with van der Waals surface area (Å²) < 4.78 is 23.0. The summed E-state index contributed by atoms with van der Waals surface area (Å²) in [5.74, 6) is 1.01. The fourth-order valence-electron chi connectivity index (χ4n) is 11.0. The first-order chi connectivity index (χ1) is 34.6. The van der Waals surface area contributed by atoms with E-state index in [0.29, 0.717) is 48.5 Å². The Kier molecular flexibility index (Phi) is 16.1. The van der Waals surface area contributed by atoms with Crippen molar-refractivity contribution < 1.29 is 59.6 Å². The number of ether oxygens (including phenoxy) is 4. The maximum absolute atomic E-state index is 13.2. The number of aromatic nitrogens is 5. The van der Waals surface area contributed by atoms with Crippen LogP contribution in [0, 0.1) is 10.1 Å². The van der Waals surface area contributed by atoms with Crippen LogP contribution in [0.5, 0.6) is 5.75 Å². The average Bonchev–Trinajstić information content (AvgIpc) is 4.12. The Morgan fingerprint density at radius 3 is 1.53 bits per heavy atom. The quantitative estimate of drug-likeness (QED) is 0.0460. The number of benzene rings is 1. The van der Waals surface area contributed by atoms with Crippen LogP contribution < -0.4 is 4.74 Å². The third-order valence-corrected chi connectivity index (χ3v) is 14.6. The highest BCUT2D eigenvalue weighted by Gasteiger charge is 2.51. The normalized spacial score (nSPS) is 25.7. The van der Waals surface area contributed by atoms with E-state index in [9.17, 15) is 45.9 Å². The Balaban J connectivity index is 1.32. The number of hydrogen-bond acceptors (Lipinski definition) is 16. The molecule has 72 heavy (non-hydrogen) atoms. The highest BCUT2D eigenvalue weighted by atomic mass is 16.7. The highest BCUT2D eigenvalue weighted by molar-refractivity contribution is 6.00. The van der Waals surface area contributed by atoms with Gasteiger partial charge in [-0.15, -0.1) is 0 Å². The molecule has 8 bridgehead atoms. The van der Waals surface area contributed by atoms with Gasteiger partial charge in [0.1, 0.15) is 48.8 Å². The van der Waals surface area contributed by atoms with E-state index < -0.39 is 85.2 Å². The standard InChI is InChI=1S/C53H68N6O13/c1-9-25-29(13-5)42-41(24-17-18-38(37(19-24)59(67)68)69-52-48(66)46(64)49(40(23-61)71-52)72-53-47(65)45(63)44(62)39(22-60)70-53)43-30(14-6)26(10-2)34(55-43)21-36-28(12-4)32(16-8)51(57-36)58-50-31(15-7)27(11-3)35(56-50)20-33(25)54-42/h17-21,39-40,44-49,52-55,60-66H,9-16,22-23H2,1-8H3/t39-,40-,44+,45+,46-,47-,48-,49+,52-,53+/m1/s1. The Labute approximate surface area is 417 Å². The summed E-state index contributed by atoms with van der Waals surface area (Å²) in [7, 11) is 0. The highest BCUT2D eigenvalue weighted by Crippen LogP contribution is 2.43. The van der Waals surface area contributed by atoms with Crippen LogP contribution in [0.25, 0.3) is 55.5 Å². The largest absolute Gasteiger partial charge is 0.455 e. The average molecular weight is 997 g/mol. The molecular weight excluding hydrogens is 929 g/mol. The SMILES string of the molecule is CCC1=C(CC)c2nc1cc1[nH]c(c(CC)c1CC)c(-c1ccc(O[C@@H]3O[C@H](CO)[C@H](O[C@@H]4O[C@H](CO)[C@H](O)[C@H](O)[C@H]4O)[C@H](O)[C@H]3O)c([N+](=O)[O-])c1)c1[nH]c(cc3nc(n2)C(CC)=C3CC)c(CC)c1CC. The first-order valence-electron chi connectivity index (χ1n) is 25.3. The van der Waals surface area contributed by atoms with Gasteiger partial charge in [-0.3, -0.25) is 10.1 Å². The van der Waals surface area contributed by atoms with Crippen molar-refractivity contribution in [2.45, 2.75) is 168 Å². The number of nitrogens with zero attached hydrogens (tertiary/aromatic N) is 4. The molecule has 7 heterocycles. The van der Waals surface area contributed by atoms with Gasteiger partial charge in [0.15, 0.2) is 23.7 Å². The summed E-state index contributed by atoms with van der Waals surface area (Å²) in [6.07, 6.45) is -11.6. The molecule has 3 aromatic heterocycles. The van der Waals surface area contributed by atoms with Gasteiger partial charge in [-0.2, -0.15) is 0 Å². The molecule has 4 aromatic rings. The number of nitrogens with one attached hydrogen (secondary N) is 2.